The molecule has 0 radical (unpaired) electrons. The number of carbonyl (C=O) groups is 1. The highest BCUT2D eigenvalue weighted by Crippen LogP contribution is 1.84. The van der Waals surface area contributed by atoms with Gasteiger partial charge in [0, 0.05) is 0 Å². The van der Waals surface area contributed by atoms with Gasteiger partial charge in [0.2, 0.25) is 5.24 Å². The zero-order valence-corrected chi connectivity index (χ0v) is 5.19. The Bertz CT molecular complexity index is 101. The third-order valence-corrected chi connectivity index (χ3v) is 0.708. The summed E-state index contributed by atoms with van der Waals surface area (Å²) in [6, 6.07) is 0. The number of halogens is 1. The molecule has 0 aliphatic rings. The van der Waals surface area contributed by atoms with Crippen LogP contribution < -0.4 is 5.73 Å². The van der Waals surface area contributed by atoms with Crippen molar-refractivity contribution >= 4 is 16.8 Å². The maximum absolute atomic E-state index is 9.96. The summed E-state index contributed by atoms with van der Waals surface area (Å²) in [5, 5.41) is -0.446. The van der Waals surface area contributed by atoms with Crippen LogP contribution in [-0.2, 0) is 4.79 Å². The largest absolute Gasteiger partial charge is 0.330 e. The summed E-state index contributed by atoms with van der Waals surface area (Å²) in [5.74, 6) is 0. The number of hydrogen-bond donors (Lipinski definition) is 1. The molecule has 3 heteroatoms. The van der Waals surface area contributed by atoms with Gasteiger partial charge in [-0.1, -0.05) is 6.08 Å². The van der Waals surface area contributed by atoms with Crippen LogP contribution in [0.15, 0.2) is 12.2 Å². The van der Waals surface area contributed by atoms with Gasteiger partial charge in [0.15, 0.2) is 0 Å². The number of carbonyl (C=O) groups excluding carboxylic acids is 1. The second-order valence-corrected chi connectivity index (χ2v) is 1.66. The first-order valence-corrected chi connectivity index (χ1v) is 2.71. The van der Waals surface area contributed by atoms with Gasteiger partial charge in [-0.2, -0.15) is 0 Å². The molecular formula is C5H8ClNO. The summed E-state index contributed by atoms with van der Waals surface area (Å²) in [4.78, 5) is 9.96. The van der Waals surface area contributed by atoms with Crippen molar-refractivity contribution in [3.05, 3.63) is 12.2 Å². The Morgan fingerprint density at radius 1 is 1.75 bits per heavy atom. The van der Waals surface area contributed by atoms with Gasteiger partial charge in [0.05, 0.1) is 0 Å². The highest BCUT2D eigenvalue weighted by Gasteiger charge is 1.81. The minimum Gasteiger partial charge on any atom is -0.330 e. The lowest BCUT2D eigenvalue weighted by Gasteiger charge is -1.79. The molecule has 0 aliphatic heterocycles. The number of hydrogen-bond acceptors (Lipinski definition) is 2. The molecular weight excluding hydrogens is 126 g/mol. The Hall–Kier alpha value is -0.340. The normalized spacial score (nSPS) is 10.2. The average molecular weight is 134 g/mol. The first kappa shape index (κ1) is 7.66. The van der Waals surface area contributed by atoms with Crippen LogP contribution in [0, 0.1) is 0 Å². The molecule has 0 fully saturated rings. The lowest BCUT2D eigenvalue weighted by molar-refractivity contribution is -0.107. The smallest absolute Gasteiger partial charge is 0.244 e. The molecule has 0 heterocycles. The quantitative estimate of drug-likeness (QED) is 0.454. The fourth-order valence-electron chi connectivity index (χ4n) is 0.272. The van der Waals surface area contributed by atoms with E-state index in [0.717, 1.165) is 0 Å². The first-order chi connectivity index (χ1) is 3.77. The summed E-state index contributed by atoms with van der Waals surface area (Å²) in [5.41, 5.74) is 5.11. The maximum Gasteiger partial charge on any atom is 0.244 e. The molecule has 2 nitrogen and oxygen atoms in total. The van der Waals surface area contributed by atoms with Gasteiger partial charge in [0.1, 0.15) is 0 Å². The number of rotatable bonds is 3. The van der Waals surface area contributed by atoms with Crippen LogP contribution in [0.25, 0.3) is 0 Å². The summed E-state index contributed by atoms with van der Waals surface area (Å²) in [6.07, 6.45) is 3.65. The fraction of sp³-hybridized carbons (Fsp3) is 0.400. The van der Waals surface area contributed by atoms with Crippen LogP contribution in [0.5, 0.6) is 0 Å². The van der Waals surface area contributed by atoms with E-state index in [1.54, 1.807) is 6.08 Å². The molecule has 2 N–H and O–H groups in total. The second kappa shape index (κ2) is 4.81. The van der Waals surface area contributed by atoms with Crippen LogP contribution in [0.1, 0.15) is 6.42 Å². The van der Waals surface area contributed by atoms with Crippen molar-refractivity contribution in [3.8, 4) is 0 Å². The van der Waals surface area contributed by atoms with E-state index in [4.69, 9.17) is 17.3 Å². The van der Waals surface area contributed by atoms with Crippen LogP contribution in [0.2, 0.25) is 0 Å². The minimum atomic E-state index is -0.446. The first-order valence-electron chi connectivity index (χ1n) is 2.33. The van der Waals surface area contributed by atoms with Crippen molar-refractivity contribution < 1.29 is 4.79 Å². The van der Waals surface area contributed by atoms with Crippen LogP contribution >= 0.6 is 11.6 Å². The Kier molecular flexibility index (Phi) is 4.61. The molecule has 0 amide bonds. The van der Waals surface area contributed by atoms with Crippen molar-refractivity contribution in [2.24, 2.45) is 5.73 Å². The Balaban J connectivity index is 3.20. The molecule has 8 heavy (non-hydrogen) atoms. The van der Waals surface area contributed by atoms with Crippen molar-refractivity contribution in [1.29, 1.82) is 0 Å². The predicted octanol–water partition coefficient (Wildman–Crippen LogP) is 0.657. The molecule has 0 rings (SSSR count). The number of allylic oxidation sites excluding steroid dienone is 1. The molecule has 0 spiro atoms. The van der Waals surface area contributed by atoms with E-state index < -0.39 is 5.24 Å². The van der Waals surface area contributed by atoms with Gasteiger partial charge in [-0.3, -0.25) is 4.79 Å². The van der Waals surface area contributed by atoms with E-state index >= 15 is 0 Å². The van der Waals surface area contributed by atoms with E-state index in [1.165, 1.54) is 6.08 Å². The highest BCUT2D eigenvalue weighted by molar-refractivity contribution is 6.66. The fourth-order valence-corrected chi connectivity index (χ4v) is 0.361. The summed E-state index contributed by atoms with van der Waals surface area (Å²) in [6.45, 7) is 0.556. The molecule has 0 aromatic carbocycles. The van der Waals surface area contributed by atoms with Crippen LogP contribution in [0.4, 0.5) is 0 Å². The van der Waals surface area contributed by atoms with Gasteiger partial charge in [0.25, 0.3) is 0 Å². The van der Waals surface area contributed by atoms with E-state index in [2.05, 4.69) is 0 Å². The monoisotopic (exact) mass is 133 g/mol. The Morgan fingerprint density at radius 3 is 2.75 bits per heavy atom. The maximum atomic E-state index is 9.96. The van der Waals surface area contributed by atoms with E-state index in [1.807, 2.05) is 0 Å². The standard InChI is InChI=1S/C5H8ClNO/c6-5(8)3-1-2-4-7/h1,3H,2,4,7H2. The minimum absolute atomic E-state index is 0.446. The van der Waals surface area contributed by atoms with Crippen molar-refractivity contribution in [2.45, 2.75) is 6.42 Å². The van der Waals surface area contributed by atoms with Gasteiger partial charge in [-0.25, -0.2) is 0 Å². The Labute approximate surface area is 53.3 Å². The molecule has 0 aromatic heterocycles. The molecule has 0 atom stereocenters. The van der Waals surface area contributed by atoms with Gasteiger partial charge in [-0.05, 0) is 30.6 Å². The van der Waals surface area contributed by atoms with E-state index in [-0.39, 0.29) is 0 Å². The summed E-state index contributed by atoms with van der Waals surface area (Å²) in [7, 11) is 0. The van der Waals surface area contributed by atoms with Crippen molar-refractivity contribution in [3.63, 3.8) is 0 Å². The van der Waals surface area contributed by atoms with Crippen molar-refractivity contribution in [2.75, 3.05) is 6.54 Å². The van der Waals surface area contributed by atoms with Gasteiger partial charge < -0.3 is 5.73 Å². The highest BCUT2D eigenvalue weighted by atomic mass is 35.5. The molecule has 0 aromatic rings. The zero-order valence-electron chi connectivity index (χ0n) is 4.43. The molecule has 46 valence electrons. The lowest BCUT2D eigenvalue weighted by Crippen LogP contribution is -1.95. The summed E-state index contributed by atoms with van der Waals surface area (Å²) >= 11 is 4.95. The molecule has 0 unspecified atom stereocenters. The zero-order chi connectivity index (χ0) is 6.41. The van der Waals surface area contributed by atoms with Gasteiger partial charge >= 0.3 is 0 Å². The summed E-state index contributed by atoms with van der Waals surface area (Å²) < 4.78 is 0. The molecule has 0 saturated heterocycles. The average Bonchev–Trinajstić information content (AvgIpc) is 1.66. The SMILES string of the molecule is NCCC=CC(=O)Cl. The third-order valence-electron chi connectivity index (χ3n) is 0.582. The Morgan fingerprint density at radius 2 is 2.38 bits per heavy atom. The van der Waals surface area contributed by atoms with Gasteiger partial charge in [-0.15, -0.1) is 0 Å². The van der Waals surface area contributed by atoms with Crippen molar-refractivity contribution in [1.82, 2.24) is 0 Å². The molecule has 0 bridgehead atoms. The van der Waals surface area contributed by atoms with E-state index in [0.29, 0.717) is 13.0 Å². The van der Waals surface area contributed by atoms with Crippen LogP contribution in [0.3, 0.4) is 0 Å². The topological polar surface area (TPSA) is 43.1 Å². The third kappa shape index (κ3) is 5.66. The number of nitrogens with two attached hydrogens (primary N) is 1. The van der Waals surface area contributed by atoms with Crippen LogP contribution in [-0.4, -0.2) is 11.8 Å². The predicted molar refractivity (Wildman–Crippen MR) is 33.7 cm³/mol. The van der Waals surface area contributed by atoms with E-state index in [9.17, 15) is 4.79 Å². The second-order valence-electron chi connectivity index (χ2n) is 1.28. The lowest BCUT2D eigenvalue weighted by atomic mass is 10.4. The molecule has 0 saturated carbocycles. The molecule has 0 aliphatic carbocycles.